The average Bonchev–Trinajstić information content (AvgIpc) is 2.00. The first kappa shape index (κ1) is 10.1. The molecule has 1 aromatic carbocycles. The number of alkyl halides is 3. The number of aryl methyl sites for hydroxylation is 1. The van der Waals surface area contributed by atoms with Crippen molar-refractivity contribution in [3.05, 3.63) is 35.4 Å². The molecule has 0 N–H and O–H groups in total. The Bertz CT molecular complexity index is 280. The van der Waals surface area contributed by atoms with Gasteiger partial charge in [-0.1, -0.05) is 29.8 Å². The zero-order chi connectivity index (χ0) is 9.90. The van der Waals surface area contributed by atoms with Gasteiger partial charge in [0.25, 0.3) is 0 Å². The van der Waals surface area contributed by atoms with Crippen LogP contribution in [0.25, 0.3) is 0 Å². The fourth-order valence-corrected chi connectivity index (χ4v) is 0.967. The predicted octanol–water partition coefficient (Wildman–Crippen LogP) is 3.03. The van der Waals surface area contributed by atoms with Gasteiger partial charge in [-0.15, -0.1) is 13.2 Å². The van der Waals surface area contributed by atoms with Crippen LogP contribution in [0, 0.1) is 6.92 Å². The maximum absolute atomic E-state index is 11.6. The molecule has 13 heavy (non-hydrogen) atoms. The van der Waals surface area contributed by atoms with Crippen LogP contribution in [0.3, 0.4) is 0 Å². The van der Waals surface area contributed by atoms with Gasteiger partial charge < -0.3 is 0 Å². The van der Waals surface area contributed by atoms with Crippen LogP contribution in [-0.4, -0.2) is 6.36 Å². The minimum absolute atomic E-state index is 0.425. The van der Waals surface area contributed by atoms with Crippen LogP contribution in [0.4, 0.5) is 13.2 Å². The van der Waals surface area contributed by atoms with Crippen LogP contribution in [0.5, 0.6) is 0 Å². The summed E-state index contributed by atoms with van der Waals surface area (Å²) in [6.45, 7) is 1.39. The van der Waals surface area contributed by atoms with Crippen molar-refractivity contribution in [1.82, 2.24) is 0 Å². The molecule has 0 aliphatic heterocycles. The molecule has 0 unspecified atom stereocenters. The molecular formula is C9H9F3O. The van der Waals surface area contributed by atoms with E-state index in [2.05, 4.69) is 4.74 Å². The molecule has 0 saturated heterocycles. The predicted molar refractivity (Wildman–Crippen MR) is 42.0 cm³/mol. The van der Waals surface area contributed by atoms with Crippen LogP contribution < -0.4 is 0 Å². The molecule has 0 amide bonds. The van der Waals surface area contributed by atoms with Gasteiger partial charge in [0, 0.05) is 0 Å². The van der Waals surface area contributed by atoms with E-state index in [4.69, 9.17) is 0 Å². The van der Waals surface area contributed by atoms with E-state index in [1.165, 1.54) is 0 Å². The van der Waals surface area contributed by atoms with Gasteiger partial charge in [0.2, 0.25) is 0 Å². The van der Waals surface area contributed by atoms with E-state index < -0.39 is 13.0 Å². The van der Waals surface area contributed by atoms with Crippen molar-refractivity contribution in [3.8, 4) is 0 Å². The molecule has 72 valence electrons. The summed E-state index contributed by atoms with van der Waals surface area (Å²) in [5, 5.41) is 0. The van der Waals surface area contributed by atoms with Crippen LogP contribution in [0.1, 0.15) is 11.1 Å². The average molecular weight is 190 g/mol. The van der Waals surface area contributed by atoms with Crippen molar-refractivity contribution < 1.29 is 17.9 Å². The van der Waals surface area contributed by atoms with Crippen molar-refractivity contribution in [2.75, 3.05) is 0 Å². The molecule has 0 aliphatic rings. The zero-order valence-corrected chi connectivity index (χ0v) is 7.06. The fourth-order valence-electron chi connectivity index (χ4n) is 0.967. The van der Waals surface area contributed by atoms with Gasteiger partial charge in [0.15, 0.2) is 0 Å². The van der Waals surface area contributed by atoms with Crippen molar-refractivity contribution >= 4 is 0 Å². The first-order chi connectivity index (χ1) is 5.97. The second-order valence-corrected chi connectivity index (χ2v) is 2.72. The molecule has 0 bridgehead atoms. The van der Waals surface area contributed by atoms with Crippen LogP contribution in [0.15, 0.2) is 24.3 Å². The maximum atomic E-state index is 11.6. The highest BCUT2D eigenvalue weighted by molar-refractivity contribution is 5.21. The van der Waals surface area contributed by atoms with Crippen LogP contribution >= 0.6 is 0 Å². The summed E-state index contributed by atoms with van der Waals surface area (Å²) in [6.07, 6.45) is -4.55. The lowest BCUT2D eigenvalue weighted by Crippen LogP contribution is -2.12. The summed E-state index contributed by atoms with van der Waals surface area (Å²) in [4.78, 5) is 0. The fraction of sp³-hybridized carbons (Fsp3) is 0.333. The molecule has 0 aromatic heterocycles. The molecule has 0 spiro atoms. The van der Waals surface area contributed by atoms with E-state index in [9.17, 15) is 13.2 Å². The quantitative estimate of drug-likeness (QED) is 0.696. The van der Waals surface area contributed by atoms with Gasteiger partial charge in [-0.25, -0.2) is 0 Å². The standard InChI is InChI=1S/C9H9F3O/c1-7-3-2-4-8(5-7)6-13-9(10,11)12/h2-5H,6H2,1H3. The second-order valence-electron chi connectivity index (χ2n) is 2.72. The summed E-state index contributed by atoms with van der Waals surface area (Å²) >= 11 is 0. The summed E-state index contributed by atoms with van der Waals surface area (Å²) in [5.41, 5.74) is 1.44. The molecule has 0 radical (unpaired) electrons. The first-order valence-corrected chi connectivity index (χ1v) is 3.73. The Kier molecular flexibility index (Phi) is 2.93. The molecule has 1 nitrogen and oxygen atoms in total. The van der Waals surface area contributed by atoms with E-state index in [1.807, 2.05) is 13.0 Å². The minimum atomic E-state index is -4.55. The minimum Gasteiger partial charge on any atom is -0.287 e. The largest absolute Gasteiger partial charge is 0.522 e. The number of hydrogen-bond acceptors (Lipinski definition) is 1. The number of ether oxygens (including phenoxy) is 1. The SMILES string of the molecule is Cc1cccc(COC(F)(F)F)c1. The Morgan fingerprint density at radius 2 is 2.00 bits per heavy atom. The normalized spacial score (nSPS) is 11.7. The Hall–Kier alpha value is -1.03. The maximum Gasteiger partial charge on any atom is 0.522 e. The van der Waals surface area contributed by atoms with E-state index in [0.29, 0.717) is 5.56 Å². The molecule has 0 fully saturated rings. The van der Waals surface area contributed by atoms with E-state index in [1.54, 1.807) is 18.2 Å². The Balaban J connectivity index is 2.55. The lowest BCUT2D eigenvalue weighted by molar-refractivity contribution is -0.330. The molecule has 0 saturated carbocycles. The number of rotatable bonds is 2. The third kappa shape index (κ3) is 3.94. The topological polar surface area (TPSA) is 9.23 Å². The number of benzene rings is 1. The van der Waals surface area contributed by atoms with Crippen molar-refractivity contribution in [2.45, 2.75) is 19.9 Å². The Morgan fingerprint density at radius 3 is 2.54 bits per heavy atom. The van der Waals surface area contributed by atoms with E-state index in [-0.39, 0.29) is 0 Å². The third-order valence-electron chi connectivity index (χ3n) is 1.48. The van der Waals surface area contributed by atoms with Crippen molar-refractivity contribution in [3.63, 3.8) is 0 Å². The number of hydrogen-bond donors (Lipinski definition) is 0. The second kappa shape index (κ2) is 3.79. The monoisotopic (exact) mass is 190 g/mol. The van der Waals surface area contributed by atoms with Crippen molar-refractivity contribution in [2.24, 2.45) is 0 Å². The molecule has 0 aliphatic carbocycles. The summed E-state index contributed by atoms with van der Waals surface area (Å²) in [6, 6.07) is 6.77. The van der Waals surface area contributed by atoms with Gasteiger partial charge >= 0.3 is 6.36 Å². The molecule has 1 rings (SSSR count). The Morgan fingerprint density at radius 1 is 1.31 bits per heavy atom. The highest BCUT2D eigenvalue weighted by Gasteiger charge is 2.28. The van der Waals surface area contributed by atoms with Crippen molar-refractivity contribution in [1.29, 1.82) is 0 Å². The summed E-state index contributed by atoms with van der Waals surface area (Å²) in [5.74, 6) is 0. The summed E-state index contributed by atoms with van der Waals surface area (Å²) in [7, 11) is 0. The van der Waals surface area contributed by atoms with E-state index >= 15 is 0 Å². The van der Waals surface area contributed by atoms with Crippen LogP contribution in [0.2, 0.25) is 0 Å². The molecule has 4 heteroatoms. The van der Waals surface area contributed by atoms with Gasteiger partial charge in [0.1, 0.15) is 0 Å². The molecule has 0 atom stereocenters. The van der Waals surface area contributed by atoms with Gasteiger partial charge in [-0.3, -0.25) is 4.74 Å². The molecular weight excluding hydrogens is 181 g/mol. The number of halogens is 3. The summed E-state index contributed by atoms with van der Waals surface area (Å²) < 4.78 is 38.5. The van der Waals surface area contributed by atoms with Gasteiger partial charge in [-0.2, -0.15) is 0 Å². The van der Waals surface area contributed by atoms with Crippen LogP contribution in [-0.2, 0) is 11.3 Å². The molecule has 0 heterocycles. The zero-order valence-electron chi connectivity index (χ0n) is 7.06. The highest BCUT2D eigenvalue weighted by Crippen LogP contribution is 2.18. The lowest BCUT2D eigenvalue weighted by Gasteiger charge is -2.07. The Labute approximate surface area is 74.1 Å². The van der Waals surface area contributed by atoms with Gasteiger partial charge in [0.05, 0.1) is 6.61 Å². The van der Waals surface area contributed by atoms with Gasteiger partial charge in [-0.05, 0) is 12.5 Å². The molecule has 1 aromatic rings. The lowest BCUT2D eigenvalue weighted by atomic mass is 10.1. The third-order valence-corrected chi connectivity index (χ3v) is 1.48. The smallest absolute Gasteiger partial charge is 0.287 e. The first-order valence-electron chi connectivity index (χ1n) is 3.73. The van der Waals surface area contributed by atoms with E-state index in [0.717, 1.165) is 5.56 Å². The highest BCUT2D eigenvalue weighted by atomic mass is 19.4.